The van der Waals surface area contributed by atoms with E-state index in [0.717, 1.165) is 16.7 Å². The van der Waals surface area contributed by atoms with Gasteiger partial charge in [0.1, 0.15) is 11.5 Å². The quantitative estimate of drug-likeness (QED) is 0.436. The lowest BCUT2D eigenvalue weighted by Gasteiger charge is -2.18. The number of aryl methyl sites for hydroxylation is 2. The van der Waals surface area contributed by atoms with Crippen LogP contribution < -0.4 is 19.5 Å². The lowest BCUT2D eigenvalue weighted by atomic mass is 10.1. The van der Waals surface area contributed by atoms with E-state index in [-0.39, 0.29) is 10.8 Å². The Morgan fingerprint density at radius 3 is 2.18 bits per heavy atom. The number of amides is 1. The van der Waals surface area contributed by atoms with Crippen LogP contribution in [0.4, 0.5) is 11.4 Å². The Kier molecular flexibility index (Phi) is 7.83. The van der Waals surface area contributed by atoms with Crippen LogP contribution in [-0.2, 0) is 14.8 Å². The molecule has 7 nitrogen and oxygen atoms in total. The molecule has 2 N–H and O–H groups in total. The molecule has 8 heteroatoms. The first kappa shape index (κ1) is 25.1. The number of anilines is 2. The molecule has 0 aliphatic heterocycles. The first-order valence-electron chi connectivity index (χ1n) is 11.0. The van der Waals surface area contributed by atoms with Crippen LogP contribution in [0.5, 0.6) is 11.5 Å². The number of rotatable bonds is 9. The van der Waals surface area contributed by atoms with Gasteiger partial charge in [0.15, 0.2) is 6.10 Å². The van der Waals surface area contributed by atoms with Crippen molar-refractivity contribution in [2.24, 2.45) is 0 Å². The van der Waals surface area contributed by atoms with Gasteiger partial charge < -0.3 is 14.8 Å². The molecule has 0 aliphatic carbocycles. The van der Waals surface area contributed by atoms with E-state index in [4.69, 9.17) is 9.47 Å². The number of benzene rings is 3. The van der Waals surface area contributed by atoms with Gasteiger partial charge >= 0.3 is 0 Å². The zero-order valence-electron chi connectivity index (χ0n) is 20.0. The maximum Gasteiger partial charge on any atom is 0.265 e. The number of nitrogens with one attached hydrogen (secondary N) is 2. The Morgan fingerprint density at radius 2 is 1.56 bits per heavy atom. The van der Waals surface area contributed by atoms with Gasteiger partial charge in [0, 0.05) is 11.4 Å². The van der Waals surface area contributed by atoms with E-state index < -0.39 is 16.1 Å². The molecule has 3 rings (SSSR count). The summed E-state index contributed by atoms with van der Waals surface area (Å²) < 4.78 is 39.2. The molecular weight excluding hydrogens is 452 g/mol. The van der Waals surface area contributed by atoms with Crippen molar-refractivity contribution >= 4 is 27.3 Å². The van der Waals surface area contributed by atoms with Crippen LogP contribution in [0, 0.1) is 20.8 Å². The first-order valence-corrected chi connectivity index (χ1v) is 12.5. The molecule has 0 unspecified atom stereocenters. The fourth-order valence-corrected chi connectivity index (χ4v) is 4.39. The van der Waals surface area contributed by atoms with Crippen molar-refractivity contribution in [3.8, 4) is 11.5 Å². The predicted molar refractivity (Wildman–Crippen MR) is 134 cm³/mol. The molecule has 34 heavy (non-hydrogen) atoms. The number of carbonyl (C=O) groups excluding carboxylic acids is 1. The SMILES string of the molecule is CCOc1ccc(NS(=O)(=O)c2ccc(NC(=O)[C@@H](C)Oc3cc(C)cc(C)c3C)cc2)cc1. The minimum absolute atomic E-state index is 0.0783. The second-order valence-corrected chi connectivity index (χ2v) is 9.72. The molecule has 0 aromatic heterocycles. The summed E-state index contributed by atoms with van der Waals surface area (Å²) in [6.07, 6.45) is -0.732. The Balaban J connectivity index is 1.63. The smallest absolute Gasteiger partial charge is 0.265 e. The molecule has 0 saturated heterocycles. The van der Waals surface area contributed by atoms with E-state index in [9.17, 15) is 13.2 Å². The fourth-order valence-electron chi connectivity index (χ4n) is 3.33. The second kappa shape index (κ2) is 10.6. The Labute approximate surface area is 201 Å². The number of hydrogen-bond donors (Lipinski definition) is 2. The highest BCUT2D eigenvalue weighted by atomic mass is 32.2. The van der Waals surface area contributed by atoms with E-state index in [1.165, 1.54) is 12.1 Å². The summed E-state index contributed by atoms with van der Waals surface area (Å²) in [7, 11) is -3.78. The van der Waals surface area contributed by atoms with Crippen molar-refractivity contribution in [3.63, 3.8) is 0 Å². The van der Waals surface area contributed by atoms with Crippen molar-refractivity contribution in [1.82, 2.24) is 0 Å². The Hall–Kier alpha value is -3.52. The third-order valence-corrected chi connectivity index (χ3v) is 6.68. The molecule has 0 fully saturated rings. The standard InChI is InChI=1S/C26H30N2O5S/c1-6-32-23-11-7-22(8-12-23)28-34(30,31)24-13-9-21(10-14-24)27-26(29)20(5)33-25-16-17(2)15-18(3)19(25)4/h7-16,20,28H,6H2,1-5H3,(H,27,29)/t20-/m1/s1. The van der Waals surface area contributed by atoms with Crippen molar-refractivity contribution in [2.75, 3.05) is 16.6 Å². The maximum absolute atomic E-state index is 12.7. The summed E-state index contributed by atoms with van der Waals surface area (Å²) in [5.41, 5.74) is 4.03. The molecule has 0 heterocycles. The molecule has 0 spiro atoms. The molecule has 0 saturated carbocycles. The fraction of sp³-hybridized carbons (Fsp3) is 0.269. The van der Waals surface area contributed by atoms with Gasteiger partial charge in [-0.15, -0.1) is 0 Å². The lowest BCUT2D eigenvalue weighted by Crippen LogP contribution is -2.30. The monoisotopic (exact) mass is 482 g/mol. The van der Waals surface area contributed by atoms with Crippen molar-refractivity contribution in [1.29, 1.82) is 0 Å². The van der Waals surface area contributed by atoms with Crippen molar-refractivity contribution in [3.05, 3.63) is 77.4 Å². The average molecular weight is 483 g/mol. The van der Waals surface area contributed by atoms with Crippen LogP contribution in [0.3, 0.4) is 0 Å². The number of carbonyl (C=O) groups is 1. The summed E-state index contributed by atoms with van der Waals surface area (Å²) in [6.45, 7) is 10.0. The summed E-state index contributed by atoms with van der Waals surface area (Å²) in [6, 6.07) is 16.6. The molecule has 3 aromatic rings. The van der Waals surface area contributed by atoms with Crippen LogP contribution >= 0.6 is 0 Å². The molecule has 180 valence electrons. The van der Waals surface area contributed by atoms with Gasteiger partial charge in [0.05, 0.1) is 11.5 Å². The molecule has 0 aliphatic rings. The van der Waals surface area contributed by atoms with Gasteiger partial charge in [0.2, 0.25) is 0 Å². The van der Waals surface area contributed by atoms with Gasteiger partial charge in [0.25, 0.3) is 15.9 Å². The zero-order valence-corrected chi connectivity index (χ0v) is 20.8. The topological polar surface area (TPSA) is 93.7 Å². The molecule has 1 atom stereocenters. The third-order valence-electron chi connectivity index (χ3n) is 5.29. The summed E-state index contributed by atoms with van der Waals surface area (Å²) in [4.78, 5) is 12.7. The van der Waals surface area contributed by atoms with E-state index >= 15 is 0 Å². The van der Waals surface area contributed by atoms with Crippen LogP contribution in [0.2, 0.25) is 0 Å². The highest BCUT2D eigenvalue weighted by molar-refractivity contribution is 7.92. The molecule has 1 amide bonds. The Bertz CT molecular complexity index is 1250. The first-order chi connectivity index (χ1) is 16.1. The van der Waals surface area contributed by atoms with E-state index in [2.05, 4.69) is 16.1 Å². The molecular formula is C26H30N2O5S. The maximum atomic E-state index is 12.7. The van der Waals surface area contributed by atoms with Crippen LogP contribution in [-0.4, -0.2) is 27.0 Å². The van der Waals surface area contributed by atoms with Gasteiger partial charge in [-0.2, -0.15) is 0 Å². The molecule has 3 aromatic carbocycles. The number of sulfonamides is 1. The largest absolute Gasteiger partial charge is 0.494 e. The van der Waals surface area contributed by atoms with Gasteiger partial charge in [-0.1, -0.05) is 6.07 Å². The Morgan fingerprint density at radius 1 is 0.941 bits per heavy atom. The average Bonchev–Trinajstić information content (AvgIpc) is 2.78. The normalized spacial score (nSPS) is 12.0. The van der Waals surface area contributed by atoms with Gasteiger partial charge in [-0.05, 0) is 106 Å². The minimum atomic E-state index is -3.78. The van der Waals surface area contributed by atoms with Crippen LogP contribution in [0.1, 0.15) is 30.5 Å². The van der Waals surface area contributed by atoms with Crippen LogP contribution in [0.25, 0.3) is 0 Å². The highest BCUT2D eigenvalue weighted by Gasteiger charge is 2.18. The minimum Gasteiger partial charge on any atom is -0.494 e. The van der Waals surface area contributed by atoms with Crippen LogP contribution in [0.15, 0.2) is 65.6 Å². The number of ether oxygens (including phenoxy) is 2. The summed E-state index contributed by atoms with van der Waals surface area (Å²) in [5, 5.41) is 2.76. The van der Waals surface area contributed by atoms with Gasteiger partial charge in [-0.3, -0.25) is 9.52 Å². The summed E-state index contributed by atoms with van der Waals surface area (Å²) in [5.74, 6) is 1.00. The van der Waals surface area contributed by atoms with Gasteiger partial charge in [-0.25, -0.2) is 8.42 Å². The number of hydrogen-bond acceptors (Lipinski definition) is 5. The van der Waals surface area contributed by atoms with Crippen molar-refractivity contribution < 1.29 is 22.7 Å². The van der Waals surface area contributed by atoms with Crippen molar-refractivity contribution in [2.45, 2.75) is 45.6 Å². The summed E-state index contributed by atoms with van der Waals surface area (Å²) >= 11 is 0. The molecule has 0 radical (unpaired) electrons. The lowest BCUT2D eigenvalue weighted by molar-refractivity contribution is -0.122. The third kappa shape index (κ3) is 6.29. The zero-order chi connectivity index (χ0) is 24.9. The highest BCUT2D eigenvalue weighted by Crippen LogP contribution is 2.25. The van der Waals surface area contributed by atoms with E-state index in [0.29, 0.717) is 29.5 Å². The van der Waals surface area contributed by atoms with E-state index in [1.807, 2.05) is 33.8 Å². The molecule has 0 bridgehead atoms. The second-order valence-electron chi connectivity index (χ2n) is 8.04. The van der Waals surface area contributed by atoms with E-state index in [1.54, 1.807) is 43.3 Å². The predicted octanol–water partition coefficient (Wildman–Crippen LogP) is 5.22.